The lowest BCUT2D eigenvalue weighted by Gasteiger charge is -2.19. The fourth-order valence-corrected chi connectivity index (χ4v) is 4.91. The normalized spacial score (nSPS) is 23.6. The van der Waals surface area contributed by atoms with E-state index >= 15 is 0 Å². The number of anilines is 1. The molecule has 1 aliphatic carbocycles. The first-order valence-electron chi connectivity index (χ1n) is 10.6. The van der Waals surface area contributed by atoms with Crippen LogP contribution in [0.1, 0.15) is 24.4 Å². The molecule has 32 heavy (non-hydrogen) atoms. The molecule has 162 valence electrons. The zero-order valence-corrected chi connectivity index (χ0v) is 17.1. The van der Waals surface area contributed by atoms with E-state index in [1.807, 2.05) is 29.0 Å². The van der Waals surface area contributed by atoms with Crippen LogP contribution in [0.4, 0.5) is 5.82 Å². The summed E-state index contributed by atoms with van der Waals surface area (Å²) in [7, 11) is 0. The number of rotatable bonds is 4. The van der Waals surface area contributed by atoms with E-state index in [9.17, 15) is 10.2 Å². The molecule has 0 aliphatic heterocycles. The Morgan fingerprint density at radius 2 is 2.00 bits per heavy atom. The van der Waals surface area contributed by atoms with Crippen molar-refractivity contribution in [1.82, 2.24) is 34.9 Å². The molecule has 1 saturated carbocycles. The third kappa shape index (κ3) is 2.99. The third-order valence-electron chi connectivity index (χ3n) is 6.65. The lowest BCUT2D eigenvalue weighted by Crippen LogP contribution is -2.29. The molecule has 0 spiro atoms. The molecule has 0 unspecified atom stereocenters. The zero-order valence-electron chi connectivity index (χ0n) is 17.1. The molecule has 5 N–H and O–H groups in total. The molecule has 5 aromatic rings. The Morgan fingerprint density at radius 3 is 2.91 bits per heavy atom. The number of aliphatic hydroxyl groups is 2. The maximum atomic E-state index is 10.8. The highest BCUT2D eigenvalue weighted by Gasteiger charge is 2.42. The number of aromatic amines is 1. The largest absolute Gasteiger partial charge is 0.390 e. The number of hydrogen-bond acceptors (Lipinski definition) is 8. The standard InChI is InChI=1S/C22H22N8O2/c23-20-14-5-6-30(22(14)25-10-24-20)17-9-13(18(31)19(17)32)4-2-11-1-3-12-8-16-21(28-29-27-16)26-15(12)7-11/h1,3,5-8,10,13,17-19,31-32H,2,4,9H2,(H2,23,24,25)(H,26,27,28,29)/t13-,17+,18+,19-/m0/s1. The van der Waals surface area contributed by atoms with Crippen LogP contribution in [0.3, 0.4) is 0 Å². The number of pyridine rings is 1. The van der Waals surface area contributed by atoms with E-state index in [1.165, 1.54) is 6.33 Å². The number of aliphatic hydroxyl groups excluding tert-OH is 2. The highest BCUT2D eigenvalue weighted by molar-refractivity contribution is 5.89. The van der Waals surface area contributed by atoms with Crippen molar-refractivity contribution in [2.75, 3.05) is 5.73 Å². The maximum absolute atomic E-state index is 10.8. The van der Waals surface area contributed by atoms with Gasteiger partial charge in [0.1, 0.15) is 29.4 Å². The minimum atomic E-state index is -0.869. The summed E-state index contributed by atoms with van der Waals surface area (Å²) in [5.74, 6) is 0.376. The minimum Gasteiger partial charge on any atom is -0.390 e. The van der Waals surface area contributed by atoms with Crippen molar-refractivity contribution < 1.29 is 10.2 Å². The number of aryl methyl sites for hydroxylation is 1. The Kier molecular flexibility index (Phi) is 4.30. The second-order valence-corrected chi connectivity index (χ2v) is 8.50. The number of nitrogens with one attached hydrogen (secondary N) is 1. The van der Waals surface area contributed by atoms with Crippen molar-refractivity contribution in [3.05, 3.63) is 48.4 Å². The molecule has 4 atom stereocenters. The first-order chi connectivity index (χ1) is 15.6. The summed E-state index contributed by atoms with van der Waals surface area (Å²) in [5, 5.41) is 33.9. The van der Waals surface area contributed by atoms with Crippen LogP contribution in [-0.4, -0.2) is 57.4 Å². The number of hydrogen-bond donors (Lipinski definition) is 4. The predicted octanol–water partition coefficient (Wildman–Crippen LogP) is 1.75. The molecule has 1 aliphatic rings. The summed E-state index contributed by atoms with van der Waals surface area (Å²) in [4.78, 5) is 12.9. The van der Waals surface area contributed by atoms with Gasteiger partial charge >= 0.3 is 0 Å². The van der Waals surface area contributed by atoms with Crippen LogP contribution >= 0.6 is 0 Å². The maximum Gasteiger partial charge on any atom is 0.176 e. The summed E-state index contributed by atoms with van der Waals surface area (Å²) in [6, 6.07) is 9.72. The minimum absolute atomic E-state index is 0.0328. The van der Waals surface area contributed by atoms with Crippen LogP contribution in [0.15, 0.2) is 42.9 Å². The number of aromatic nitrogens is 7. The van der Waals surface area contributed by atoms with Gasteiger partial charge in [-0.2, -0.15) is 0 Å². The molecule has 1 fully saturated rings. The van der Waals surface area contributed by atoms with Gasteiger partial charge in [0.05, 0.1) is 23.0 Å². The molecule has 4 heterocycles. The average molecular weight is 430 g/mol. The van der Waals surface area contributed by atoms with Crippen LogP contribution in [-0.2, 0) is 6.42 Å². The second-order valence-electron chi connectivity index (χ2n) is 8.50. The van der Waals surface area contributed by atoms with Gasteiger partial charge in [0.15, 0.2) is 5.65 Å². The van der Waals surface area contributed by atoms with E-state index in [4.69, 9.17) is 5.73 Å². The van der Waals surface area contributed by atoms with Crippen molar-refractivity contribution in [1.29, 1.82) is 0 Å². The Hall–Kier alpha value is -3.63. The van der Waals surface area contributed by atoms with Gasteiger partial charge < -0.3 is 20.5 Å². The molecular formula is C22H22N8O2. The van der Waals surface area contributed by atoms with Gasteiger partial charge in [-0.05, 0) is 48.9 Å². The van der Waals surface area contributed by atoms with Crippen molar-refractivity contribution >= 4 is 38.9 Å². The third-order valence-corrected chi connectivity index (χ3v) is 6.65. The number of H-pyrrole nitrogens is 1. The number of benzene rings is 1. The molecular weight excluding hydrogens is 408 g/mol. The van der Waals surface area contributed by atoms with E-state index in [-0.39, 0.29) is 12.0 Å². The molecule has 0 saturated heterocycles. The van der Waals surface area contributed by atoms with Crippen molar-refractivity contribution in [3.63, 3.8) is 0 Å². The van der Waals surface area contributed by atoms with Gasteiger partial charge in [-0.3, -0.25) is 0 Å². The molecule has 10 heteroatoms. The van der Waals surface area contributed by atoms with Crippen molar-refractivity contribution in [3.8, 4) is 0 Å². The second kappa shape index (κ2) is 7.21. The molecule has 0 radical (unpaired) electrons. The van der Waals surface area contributed by atoms with Gasteiger partial charge in [-0.25, -0.2) is 20.1 Å². The number of nitrogens with zero attached hydrogens (tertiary/aromatic N) is 6. The molecule has 0 amide bonds. The van der Waals surface area contributed by atoms with Crippen LogP contribution in [0.5, 0.6) is 0 Å². The number of nitrogens with two attached hydrogens (primary N) is 1. The summed E-state index contributed by atoms with van der Waals surface area (Å²) < 4.78 is 1.91. The quantitative estimate of drug-likeness (QED) is 0.336. The fraction of sp³-hybridized carbons (Fsp3) is 0.318. The molecule has 6 rings (SSSR count). The van der Waals surface area contributed by atoms with E-state index in [1.54, 1.807) is 0 Å². The highest BCUT2D eigenvalue weighted by atomic mass is 16.3. The highest BCUT2D eigenvalue weighted by Crippen LogP contribution is 2.39. The Morgan fingerprint density at radius 1 is 1.09 bits per heavy atom. The summed E-state index contributed by atoms with van der Waals surface area (Å²) in [6.45, 7) is 0. The van der Waals surface area contributed by atoms with E-state index < -0.39 is 12.2 Å². The van der Waals surface area contributed by atoms with Crippen LogP contribution in [0.25, 0.3) is 33.1 Å². The van der Waals surface area contributed by atoms with Crippen LogP contribution in [0, 0.1) is 5.92 Å². The smallest absolute Gasteiger partial charge is 0.176 e. The van der Waals surface area contributed by atoms with Gasteiger partial charge in [0, 0.05) is 11.6 Å². The number of fused-ring (bicyclic) bond motifs is 3. The first kappa shape index (κ1) is 19.1. The molecule has 4 aromatic heterocycles. The SMILES string of the molecule is Nc1ncnc2c1ccn2[C@@H]1C[C@H](CCc2ccc3cc4nn[nH]c4nc3c2)[C@@H](O)[C@H]1O. The molecule has 10 nitrogen and oxygen atoms in total. The number of nitrogen functional groups attached to an aromatic ring is 1. The van der Waals surface area contributed by atoms with Gasteiger partial charge in [-0.1, -0.05) is 17.3 Å². The van der Waals surface area contributed by atoms with Crippen LogP contribution in [0.2, 0.25) is 0 Å². The topological polar surface area (TPSA) is 152 Å². The Bertz CT molecular complexity index is 1440. The van der Waals surface area contributed by atoms with E-state index in [2.05, 4.69) is 42.5 Å². The lowest BCUT2D eigenvalue weighted by atomic mass is 9.95. The summed E-state index contributed by atoms with van der Waals surface area (Å²) >= 11 is 0. The summed E-state index contributed by atoms with van der Waals surface area (Å²) in [6.07, 6.45) is 3.80. The summed E-state index contributed by atoms with van der Waals surface area (Å²) in [5.41, 5.74) is 10.0. The monoisotopic (exact) mass is 430 g/mol. The first-order valence-corrected chi connectivity index (χ1v) is 10.6. The average Bonchev–Trinajstić information content (AvgIpc) is 3.50. The molecule has 0 bridgehead atoms. The molecule has 1 aromatic carbocycles. The van der Waals surface area contributed by atoms with Gasteiger partial charge in [-0.15, -0.1) is 5.10 Å². The Balaban J connectivity index is 1.22. The Labute approximate surface area is 182 Å². The van der Waals surface area contributed by atoms with Crippen molar-refractivity contribution in [2.24, 2.45) is 5.92 Å². The van der Waals surface area contributed by atoms with Crippen molar-refractivity contribution in [2.45, 2.75) is 37.5 Å². The zero-order chi connectivity index (χ0) is 21.8. The fourth-order valence-electron chi connectivity index (χ4n) is 4.91. The van der Waals surface area contributed by atoms with E-state index in [0.29, 0.717) is 23.5 Å². The lowest BCUT2D eigenvalue weighted by molar-refractivity contribution is 0.00545. The van der Waals surface area contributed by atoms with Gasteiger partial charge in [0.25, 0.3) is 0 Å². The van der Waals surface area contributed by atoms with Gasteiger partial charge in [0.2, 0.25) is 0 Å². The predicted molar refractivity (Wildman–Crippen MR) is 119 cm³/mol. The van der Waals surface area contributed by atoms with Crippen LogP contribution < -0.4 is 5.73 Å². The van der Waals surface area contributed by atoms with E-state index in [0.717, 1.165) is 40.2 Å².